The molecule has 0 aliphatic rings. The topological polar surface area (TPSA) is 21.3 Å². The molecule has 2 heteroatoms. The molecule has 0 spiro atoms. The van der Waals surface area contributed by atoms with Crippen LogP contribution in [0.3, 0.4) is 0 Å². The number of benzene rings is 1. The standard InChI is InChI=1S/C17H29NO/c1-5-9-14(10-6-2)17(18-7-3)15-11-8-12-16(13-15)19-4/h8,11-14,17-18H,5-7,9-10H2,1-4H3. The third kappa shape index (κ3) is 4.87. The fourth-order valence-electron chi connectivity index (χ4n) is 2.83. The molecule has 19 heavy (non-hydrogen) atoms. The van der Waals surface area contributed by atoms with Crippen LogP contribution in [0.5, 0.6) is 5.75 Å². The maximum atomic E-state index is 5.36. The second-order valence-corrected chi connectivity index (χ2v) is 5.15. The van der Waals surface area contributed by atoms with E-state index in [2.05, 4.69) is 44.3 Å². The van der Waals surface area contributed by atoms with Crippen molar-refractivity contribution in [1.29, 1.82) is 0 Å². The summed E-state index contributed by atoms with van der Waals surface area (Å²) in [5.41, 5.74) is 1.35. The van der Waals surface area contributed by atoms with Crippen LogP contribution in [0, 0.1) is 5.92 Å². The number of hydrogen-bond donors (Lipinski definition) is 1. The number of methoxy groups -OCH3 is 1. The molecule has 0 heterocycles. The van der Waals surface area contributed by atoms with E-state index in [0.717, 1.165) is 12.3 Å². The number of nitrogens with one attached hydrogen (secondary N) is 1. The van der Waals surface area contributed by atoms with Crippen molar-refractivity contribution in [3.8, 4) is 5.75 Å². The van der Waals surface area contributed by atoms with Gasteiger partial charge in [0, 0.05) is 6.04 Å². The summed E-state index contributed by atoms with van der Waals surface area (Å²) in [7, 11) is 1.73. The van der Waals surface area contributed by atoms with Gasteiger partial charge in [0.15, 0.2) is 0 Å². The van der Waals surface area contributed by atoms with Crippen LogP contribution in [0.4, 0.5) is 0 Å². The smallest absolute Gasteiger partial charge is 0.119 e. The minimum atomic E-state index is 0.444. The Morgan fingerprint density at radius 1 is 1.11 bits per heavy atom. The highest BCUT2D eigenvalue weighted by Gasteiger charge is 2.21. The SMILES string of the molecule is CCCC(CCC)C(NCC)c1cccc(OC)c1. The molecule has 0 amide bonds. The fourth-order valence-corrected chi connectivity index (χ4v) is 2.83. The van der Waals surface area contributed by atoms with E-state index in [1.54, 1.807) is 7.11 Å². The molecular weight excluding hydrogens is 234 g/mol. The highest BCUT2D eigenvalue weighted by molar-refractivity contribution is 5.31. The van der Waals surface area contributed by atoms with Gasteiger partial charge in [0.25, 0.3) is 0 Å². The summed E-state index contributed by atoms with van der Waals surface area (Å²) in [6.45, 7) is 7.74. The van der Waals surface area contributed by atoms with E-state index in [1.807, 2.05) is 6.07 Å². The van der Waals surface area contributed by atoms with Gasteiger partial charge in [-0.3, -0.25) is 0 Å². The van der Waals surface area contributed by atoms with Gasteiger partial charge in [0.05, 0.1) is 7.11 Å². The average molecular weight is 263 g/mol. The lowest BCUT2D eigenvalue weighted by Gasteiger charge is -2.28. The average Bonchev–Trinajstić information content (AvgIpc) is 2.45. The lowest BCUT2D eigenvalue weighted by atomic mass is 9.86. The molecular formula is C17H29NO. The van der Waals surface area contributed by atoms with Gasteiger partial charge in [0.2, 0.25) is 0 Å². The Kier molecular flexibility index (Phi) is 7.57. The first-order chi connectivity index (χ1) is 9.26. The zero-order valence-corrected chi connectivity index (χ0v) is 12.9. The maximum Gasteiger partial charge on any atom is 0.119 e. The molecule has 108 valence electrons. The largest absolute Gasteiger partial charge is 0.497 e. The Morgan fingerprint density at radius 3 is 2.32 bits per heavy atom. The van der Waals surface area contributed by atoms with Gasteiger partial charge in [-0.2, -0.15) is 0 Å². The second kappa shape index (κ2) is 8.98. The quantitative estimate of drug-likeness (QED) is 0.705. The van der Waals surface area contributed by atoms with Crippen LogP contribution in [0.2, 0.25) is 0 Å². The predicted octanol–water partition coefficient (Wildman–Crippen LogP) is 4.56. The third-order valence-electron chi connectivity index (χ3n) is 3.67. The summed E-state index contributed by atoms with van der Waals surface area (Å²) >= 11 is 0. The molecule has 0 aliphatic carbocycles. The van der Waals surface area contributed by atoms with Gasteiger partial charge in [-0.15, -0.1) is 0 Å². The van der Waals surface area contributed by atoms with Gasteiger partial charge < -0.3 is 10.1 Å². The first-order valence-electron chi connectivity index (χ1n) is 7.64. The molecule has 1 aromatic rings. The lowest BCUT2D eigenvalue weighted by Crippen LogP contribution is -2.28. The summed E-state index contributed by atoms with van der Waals surface area (Å²) in [5, 5.41) is 3.66. The summed E-state index contributed by atoms with van der Waals surface area (Å²) in [6.07, 6.45) is 5.05. The Labute approximate surface area is 118 Å². The van der Waals surface area contributed by atoms with Crippen LogP contribution in [0.25, 0.3) is 0 Å². The van der Waals surface area contributed by atoms with Crippen molar-refractivity contribution in [2.75, 3.05) is 13.7 Å². The van der Waals surface area contributed by atoms with Crippen molar-refractivity contribution < 1.29 is 4.74 Å². The van der Waals surface area contributed by atoms with Crippen molar-refractivity contribution in [3.05, 3.63) is 29.8 Å². The molecule has 0 aliphatic heterocycles. The van der Waals surface area contributed by atoms with Crippen LogP contribution >= 0.6 is 0 Å². The Hall–Kier alpha value is -1.02. The van der Waals surface area contributed by atoms with Gasteiger partial charge in [-0.05, 0) is 43.0 Å². The van der Waals surface area contributed by atoms with E-state index in [1.165, 1.54) is 31.2 Å². The highest BCUT2D eigenvalue weighted by Crippen LogP contribution is 2.31. The first kappa shape index (κ1) is 16.0. The second-order valence-electron chi connectivity index (χ2n) is 5.15. The summed E-state index contributed by atoms with van der Waals surface area (Å²) in [5.74, 6) is 1.66. The monoisotopic (exact) mass is 263 g/mol. The molecule has 1 N–H and O–H groups in total. The molecule has 0 saturated carbocycles. The molecule has 1 atom stereocenters. The first-order valence-corrected chi connectivity index (χ1v) is 7.64. The van der Waals surface area contributed by atoms with Crippen molar-refractivity contribution in [2.45, 2.75) is 52.5 Å². The Morgan fingerprint density at radius 2 is 1.79 bits per heavy atom. The van der Waals surface area contributed by atoms with Crippen LogP contribution in [-0.2, 0) is 0 Å². The van der Waals surface area contributed by atoms with E-state index >= 15 is 0 Å². The van der Waals surface area contributed by atoms with Crippen LogP contribution < -0.4 is 10.1 Å². The van der Waals surface area contributed by atoms with E-state index in [0.29, 0.717) is 12.0 Å². The van der Waals surface area contributed by atoms with Crippen LogP contribution in [0.15, 0.2) is 24.3 Å². The maximum absolute atomic E-state index is 5.36. The normalized spacial score (nSPS) is 12.7. The lowest BCUT2D eigenvalue weighted by molar-refractivity contribution is 0.319. The molecule has 2 nitrogen and oxygen atoms in total. The molecule has 1 rings (SSSR count). The van der Waals surface area contributed by atoms with Crippen molar-refractivity contribution >= 4 is 0 Å². The number of rotatable bonds is 9. The van der Waals surface area contributed by atoms with Gasteiger partial charge in [0.1, 0.15) is 5.75 Å². The molecule has 0 saturated heterocycles. The number of ether oxygens (including phenoxy) is 1. The molecule has 0 bridgehead atoms. The molecule has 0 aromatic heterocycles. The van der Waals surface area contributed by atoms with E-state index in [4.69, 9.17) is 4.74 Å². The van der Waals surface area contributed by atoms with Crippen LogP contribution in [-0.4, -0.2) is 13.7 Å². The molecule has 1 aromatic carbocycles. The summed E-state index contributed by atoms with van der Waals surface area (Å²) in [6, 6.07) is 8.94. The van der Waals surface area contributed by atoms with Gasteiger partial charge >= 0.3 is 0 Å². The minimum absolute atomic E-state index is 0.444. The molecule has 0 radical (unpaired) electrons. The zero-order chi connectivity index (χ0) is 14.1. The van der Waals surface area contributed by atoms with E-state index < -0.39 is 0 Å². The van der Waals surface area contributed by atoms with Crippen molar-refractivity contribution in [1.82, 2.24) is 5.32 Å². The van der Waals surface area contributed by atoms with E-state index in [9.17, 15) is 0 Å². The van der Waals surface area contributed by atoms with E-state index in [-0.39, 0.29) is 0 Å². The van der Waals surface area contributed by atoms with Crippen LogP contribution in [0.1, 0.15) is 58.1 Å². The van der Waals surface area contributed by atoms with Gasteiger partial charge in [-0.1, -0.05) is 45.7 Å². The molecule has 1 unspecified atom stereocenters. The zero-order valence-electron chi connectivity index (χ0n) is 12.9. The highest BCUT2D eigenvalue weighted by atomic mass is 16.5. The Bertz CT molecular complexity index is 345. The third-order valence-corrected chi connectivity index (χ3v) is 3.67. The minimum Gasteiger partial charge on any atom is -0.497 e. The fraction of sp³-hybridized carbons (Fsp3) is 0.647. The summed E-state index contributed by atoms with van der Waals surface area (Å²) in [4.78, 5) is 0. The molecule has 0 fully saturated rings. The van der Waals surface area contributed by atoms with Gasteiger partial charge in [-0.25, -0.2) is 0 Å². The van der Waals surface area contributed by atoms with Crippen molar-refractivity contribution in [3.63, 3.8) is 0 Å². The number of hydrogen-bond acceptors (Lipinski definition) is 2. The van der Waals surface area contributed by atoms with Crippen molar-refractivity contribution in [2.24, 2.45) is 5.92 Å². The predicted molar refractivity (Wildman–Crippen MR) is 82.7 cm³/mol. The Balaban J connectivity index is 2.94. The summed E-state index contributed by atoms with van der Waals surface area (Å²) < 4.78 is 5.36.